The van der Waals surface area contributed by atoms with E-state index in [1.807, 2.05) is 13.0 Å². The zero-order valence-corrected chi connectivity index (χ0v) is 11.9. The maximum Gasteiger partial charge on any atom is 0.266 e. The first-order chi connectivity index (χ1) is 9.58. The SMILES string of the molecule is Cc1cnc(NC(=O)[C@@H](C)Oc2ccc(C#N)cc2)s1. The Morgan fingerprint density at radius 1 is 1.45 bits per heavy atom. The minimum absolute atomic E-state index is 0.260. The predicted molar refractivity (Wildman–Crippen MR) is 76.7 cm³/mol. The Morgan fingerprint density at radius 2 is 2.15 bits per heavy atom. The number of nitrogens with one attached hydrogen (secondary N) is 1. The van der Waals surface area contributed by atoms with Crippen LogP contribution < -0.4 is 10.1 Å². The van der Waals surface area contributed by atoms with Gasteiger partial charge in [-0.25, -0.2) is 4.98 Å². The lowest BCUT2D eigenvalue weighted by molar-refractivity contribution is -0.122. The largest absolute Gasteiger partial charge is 0.481 e. The molecule has 0 unspecified atom stereocenters. The highest BCUT2D eigenvalue weighted by Crippen LogP contribution is 2.18. The van der Waals surface area contributed by atoms with Crippen LogP contribution in [0.4, 0.5) is 5.13 Å². The molecule has 0 aliphatic carbocycles. The Bertz CT molecular complexity index is 643. The number of nitriles is 1. The minimum atomic E-state index is -0.646. The van der Waals surface area contributed by atoms with E-state index in [9.17, 15) is 4.79 Å². The van der Waals surface area contributed by atoms with E-state index in [4.69, 9.17) is 10.00 Å². The number of hydrogen-bond donors (Lipinski definition) is 1. The summed E-state index contributed by atoms with van der Waals surface area (Å²) in [7, 11) is 0. The normalized spacial score (nSPS) is 11.4. The molecule has 102 valence electrons. The van der Waals surface area contributed by atoms with Crippen molar-refractivity contribution in [3.8, 4) is 11.8 Å². The van der Waals surface area contributed by atoms with Crippen LogP contribution in [0.2, 0.25) is 0 Å². The van der Waals surface area contributed by atoms with Crippen LogP contribution in [0.3, 0.4) is 0 Å². The standard InChI is InChI=1S/C14H13N3O2S/c1-9-8-16-14(20-9)17-13(18)10(2)19-12-5-3-11(7-15)4-6-12/h3-6,8,10H,1-2H3,(H,16,17,18)/t10-/m1/s1. The summed E-state index contributed by atoms with van der Waals surface area (Å²) in [6.45, 7) is 3.58. The number of nitrogens with zero attached hydrogens (tertiary/aromatic N) is 2. The number of anilines is 1. The topological polar surface area (TPSA) is 75.0 Å². The number of thiazole rings is 1. The van der Waals surface area contributed by atoms with Crippen LogP contribution >= 0.6 is 11.3 Å². The third-order valence-electron chi connectivity index (χ3n) is 2.52. The van der Waals surface area contributed by atoms with Crippen molar-refractivity contribution in [2.45, 2.75) is 20.0 Å². The maximum atomic E-state index is 11.9. The van der Waals surface area contributed by atoms with Crippen LogP contribution in [-0.2, 0) is 4.79 Å². The van der Waals surface area contributed by atoms with Crippen LogP contribution in [0.25, 0.3) is 0 Å². The number of benzene rings is 1. The van der Waals surface area contributed by atoms with Gasteiger partial charge in [0.05, 0.1) is 11.6 Å². The van der Waals surface area contributed by atoms with Gasteiger partial charge in [0.2, 0.25) is 0 Å². The molecule has 1 amide bonds. The van der Waals surface area contributed by atoms with Crippen LogP contribution in [0.5, 0.6) is 5.75 Å². The third-order valence-corrected chi connectivity index (χ3v) is 3.35. The first kappa shape index (κ1) is 14.0. The van der Waals surface area contributed by atoms with Gasteiger partial charge in [-0.1, -0.05) is 0 Å². The smallest absolute Gasteiger partial charge is 0.266 e. The van der Waals surface area contributed by atoms with Crippen molar-refractivity contribution in [2.24, 2.45) is 0 Å². The summed E-state index contributed by atoms with van der Waals surface area (Å²) in [5, 5.41) is 12.0. The molecule has 0 saturated heterocycles. The molecule has 0 aliphatic heterocycles. The Hall–Kier alpha value is -2.39. The van der Waals surface area contributed by atoms with Gasteiger partial charge in [-0.15, -0.1) is 11.3 Å². The average Bonchev–Trinajstić information content (AvgIpc) is 2.85. The van der Waals surface area contributed by atoms with Crippen molar-refractivity contribution in [3.05, 3.63) is 40.9 Å². The first-order valence-corrected chi connectivity index (χ1v) is 6.80. The van der Waals surface area contributed by atoms with Gasteiger partial charge in [-0.3, -0.25) is 10.1 Å². The fourth-order valence-corrected chi connectivity index (χ4v) is 2.15. The Morgan fingerprint density at radius 3 is 2.70 bits per heavy atom. The molecule has 0 radical (unpaired) electrons. The highest BCUT2D eigenvalue weighted by molar-refractivity contribution is 7.15. The highest BCUT2D eigenvalue weighted by atomic mass is 32.1. The summed E-state index contributed by atoms with van der Waals surface area (Å²) >= 11 is 1.41. The number of ether oxygens (including phenoxy) is 1. The molecule has 0 fully saturated rings. The van der Waals surface area contributed by atoms with Gasteiger partial charge in [-0.05, 0) is 38.1 Å². The van der Waals surface area contributed by atoms with Gasteiger partial charge in [0.15, 0.2) is 11.2 Å². The monoisotopic (exact) mass is 287 g/mol. The Kier molecular flexibility index (Phi) is 4.33. The van der Waals surface area contributed by atoms with E-state index in [1.165, 1.54) is 11.3 Å². The quantitative estimate of drug-likeness (QED) is 0.938. The number of carbonyl (C=O) groups excluding carboxylic acids is 1. The molecule has 1 aromatic carbocycles. The molecule has 0 aliphatic rings. The third kappa shape index (κ3) is 3.56. The van der Waals surface area contributed by atoms with Crippen molar-refractivity contribution in [2.75, 3.05) is 5.32 Å². The van der Waals surface area contributed by atoms with E-state index < -0.39 is 6.10 Å². The number of rotatable bonds is 4. The number of amides is 1. The maximum absolute atomic E-state index is 11.9. The summed E-state index contributed by atoms with van der Waals surface area (Å²) in [5.74, 6) is 0.283. The first-order valence-electron chi connectivity index (χ1n) is 5.98. The van der Waals surface area contributed by atoms with Crippen molar-refractivity contribution >= 4 is 22.4 Å². The molecule has 0 bridgehead atoms. The van der Waals surface area contributed by atoms with Crippen LogP contribution in [0, 0.1) is 18.3 Å². The lowest BCUT2D eigenvalue weighted by Gasteiger charge is -2.13. The molecule has 0 saturated carbocycles. The fourth-order valence-electron chi connectivity index (χ4n) is 1.49. The van der Waals surface area contributed by atoms with E-state index in [0.717, 1.165) is 4.88 Å². The molecule has 1 N–H and O–H groups in total. The van der Waals surface area contributed by atoms with Gasteiger partial charge in [0.25, 0.3) is 5.91 Å². The summed E-state index contributed by atoms with van der Waals surface area (Å²) in [6, 6.07) is 8.63. The van der Waals surface area contributed by atoms with Crippen LogP contribution in [0.1, 0.15) is 17.4 Å². The Labute approximate surface area is 120 Å². The summed E-state index contributed by atoms with van der Waals surface area (Å²) in [5.41, 5.74) is 0.549. The molecular formula is C14H13N3O2S. The molecule has 1 aromatic heterocycles. The minimum Gasteiger partial charge on any atom is -0.481 e. The molecular weight excluding hydrogens is 274 g/mol. The van der Waals surface area contributed by atoms with E-state index in [-0.39, 0.29) is 5.91 Å². The van der Waals surface area contributed by atoms with E-state index in [1.54, 1.807) is 37.4 Å². The Balaban J connectivity index is 1.95. The van der Waals surface area contributed by atoms with Crippen molar-refractivity contribution in [3.63, 3.8) is 0 Å². The predicted octanol–water partition coefficient (Wildman–Crippen LogP) is 2.73. The molecule has 5 nitrogen and oxygen atoms in total. The van der Waals surface area contributed by atoms with E-state index in [2.05, 4.69) is 10.3 Å². The lowest BCUT2D eigenvalue weighted by atomic mass is 10.2. The number of hydrogen-bond acceptors (Lipinski definition) is 5. The molecule has 2 rings (SSSR count). The zero-order chi connectivity index (χ0) is 14.5. The number of aryl methyl sites for hydroxylation is 1. The molecule has 0 spiro atoms. The molecule has 2 aromatic rings. The number of carbonyl (C=O) groups is 1. The summed E-state index contributed by atoms with van der Waals surface area (Å²) in [6.07, 6.45) is 1.05. The second-order valence-electron chi connectivity index (χ2n) is 4.16. The van der Waals surface area contributed by atoms with E-state index >= 15 is 0 Å². The summed E-state index contributed by atoms with van der Waals surface area (Å²) < 4.78 is 5.51. The van der Waals surface area contributed by atoms with Gasteiger partial charge in [0, 0.05) is 11.1 Å². The second kappa shape index (κ2) is 6.17. The zero-order valence-electron chi connectivity index (χ0n) is 11.1. The second-order valence-corrected chi connectivity index (χ2v) is 5.40. The number of aromatic nitrogens is 1. The molecule has 1 heterocycles. The fraction of sp³-hybridized carbons (Fsp3) is 0.214. The molecule has 6 heteroatoms. The molecule has 20 heavy (non-hydrogen) atoms. The van der Waals surface area contributed by atoms with Crippen LogP contribution in [0.15, 0.2) is 30.5 Å². The highest BCUT2D eigenvalue weighted by Gasteiger charge is 2.16. The van der Waals surface area contributed by atoms with Gasteiger partial charge in [-0.2, -0.15) is 5.26 Å². The van der Waals surface area contributed by atoms with Crippen LogP contribution in [-0.4, -0.2) is 17.0 Å². The summed E-state index contributed by atoms with van der Waals surface area (Å²) in [4.78, 5) is 17.0. The van der Waals surface area contributed by atoms with Gasteiger partial charge in [0.1, 0.15) is 5.75 Å². The van der Waals surface area contributed by atoms with Crippen molar-refractivity contribution < 1.29 is 9.53 Å². The van der Waals surface area contributed by atoms with Crippen molar-refractivity contribution in [1.82, 2.24) is 4.98 Å². The van der Waals surface area contributed by atoms with Gasteiger partial charge < -0.3 is 4.74 Å². The van der Waals surface area contributed by atoms with Crippen molar-refractivity contribution in [1.29, 1.82) is 5.26 Å². The van der Waals surface area contributed by atoms with E-state index in [0.29, 0.717) is 16.4 Å². The lowest BCUT2D eigenvalue weighted by Crippen LogP contribution is -2.30. The van der Waals surface area contributed by atoms with Gasteiger partial charge >= 0.3 is 0 Å². The average molecular weight is 287 g/mol. The molecule has 1 atom stereocenters.